The lowest BCUT2D eigenvalue weighted by Crippen LogP contribution is -2.54. The van der Waals surface area contributed by atoms with Crippen molar-refractivity contribution in [2.75, 3.05) is 31.1 Å². The number of pyridine rings is 1. The van der Waals surface area contributed by atoms with E-state index >= 15 is 0 Å². The van der Waals surface area contributed by atoms with Crippen molar-refractivity contribution >= 4 is 17.5 Å². The van der Waals surface area contributed by atoms with Crippen molar-refractivity contribution < 1.29 is 9.59 Å². The molecule has 136 valence electrons. The van der Waals surface area contributed by atoms with Gasteiger partial charge < -0.3 is 15.1 Å². The van der Waals surface area contributed by atoms with Crippen molar-refractivity contribution in [1.29, 1.82) is 0 Å². The molecule has 0 radical (unpaired) electrons. The molecule has 1 aliphatic heterocycles. The molecule has 6 nitrogen and oxygen atoms in total. The second-order valence-electron chi connectivity index (χ2n) is 6.58. The van der Waals surface area contributed by atoms with Crippen LogP contribution in [0, 0.1) is 6.92 Å². The van der Waals surface area contributed by atoms with E-state index in [1.54, 1.807) is 25.4 Å². The number of benzene rings is 1. The number of aryl methyl sites for hydroxylation is 1. The minimum absolute atomic E-state index is 0.0413. The van der Waals surface area contributed by atoms with Gasteiger partial charge in [-0.3, -0.25) is 14.6 Å². The molecule has 1 aliphatic rings. The molecule has 2 amide bonds. The molecule has 6 heteroatoms. The average molecular weight is 352 g/mol. The van der Waals surface area contributed by atoms with Gasteiger partial charge in [0, 0.05) is 49.8 Å². The van der Waals surface area contributed by atoms with Crippen molar-refractivity contribution in [2.24, 2.45) is 0 Å². The van der Waals surface area contributed by atoms with Gasteiger partial charge in [0.2, 0.25) is 5.91 Å². The number of aromatic nitrogens is 1. The third kappa shape index (κ3) is 4.20. The number of anilines is 1. The lowest BCUT2D eigenvalue weighted by atomic mass is 10.1. The quantitative estimate of drug-likeness (QED) is 0.912. The van der Waals surface area contributed by atoms with Crippen LogP contribution in [-0.4, -0.2) is 53.9 Å². The molecule has 1 aromatic carbocycles. The first-order valence-corrected chi connectivity index (χ1v) is 8.86. The van der Waals surface area contributed by atoms with Crippen molar-refractivity contribution in [3.05, 3.63) is 59.9 Å². The standard InChI is InChI=1S/C20H24N4O2/c1-15-4-3-5-17(14-15)19(25)22-16(2)20(26)24-12-10-23(11-13-24)18-6-8-21-9-7-18/h3-9,14,16H,10-13H2,1-2H3,(H,22,25)/t16-/m0/s1. The normalized spacial score (nSPS) is 15.5. The maximum atomic E-state index is 12.7. The lowest BCUT2D eigenvalue weighted by molar-refractivity contribution is -0.133. The van der Waals surface area contributed by atoms with E-state index in [9.17, 15) is 9.59 Å². The van der Waals surface area contributed by atoms with Gasteiger partial charge in [-0.05, 0) is 38.1 Å². The molecule has 0 unspecified atom stereocenters. The molecule has 0 spiro atoms. The molecule has 1 N–H and O–H groups in total. The number of nitrogens with zero attached hydrogens (tertiary/aromatic N) is 3. The molecule has 1 saturated heterocycles. The van der Waals surface area contributed by atoms with Gasteiger partial charge in [0.25, 0.3) is 5.91 Å². The van der Waals surface area contributed by atoms with E-state index in [0.717, 1.165) is 24.3 Å². The van der Waals surface area contributed by atoms with Crippen LogP contribution in [-0.2, 0) is 4.79 Å². The predicted octanol–water partition coefficient (Wildman–Crippen LogP) is 1.86. The minimum Gasteiger partial charge on any atom is -0.368 e. The second kappa shape index (κ2) is 7.99. The molecule has 26 heavy (non-hydrogen) atoms. The molecular weight excluding hydrogens is 328 g/mol. The molecule has 1 fully saturated rings. The highest BCUT2D eigenvalue weighted by molar-refractivity contribution is 5.97. The first-order valence-electron chi connectivity index (χ1n) is 8.86. The third-order valence-electron chi connectivity index (χ3n) is 4.62. The number of carbonyl (C=O) groups excluding carboxylic acids is 2. The maximum absolute atomic E-state index is 12.7. The van der Waals surface area contributed by atoms with E-state index < -0.39 is 6.04 Å². The van der Waals surface area contributed by atoms with Gasteiger partial charge in [-0.25, -0.2) is 0 Å². The largest absolute Gasteiger partial charge is 0.368 e. The monoisotopic (exact) mass is 352 g/mol. The molecule has 0 saturated carbocycles. The van der Waals surface area contributed by atoms with E-state index in [1.165, 1.54) is 0 Å². The Hall–Kier alpha value is -2.89. The fourth-order valence-electron chi connectivity index (χ4n) is 3.14. The Morgan fingerprint density at radius 1 is 1.08 bits per heavy atom. The number of piperazine rings is 1. The Kier molecular flexibility index (Phi) is 5.51. The van der Waals surface area contributed by atoms with E-state index in [2.05, 4.69) is 15.2 Å². The van der Waals surface area contributed by atoms with Gasteiger partial charge in [0.05, 0.1) is 0 Å². The van der Waals surface area contributed by atoms with Crippen LogP contribution >= 0.6 is 0 Å². The van der Waals surface area contributed by atoms with Crippen molar-refractivity contribution in [3.63, 3.8) is 0 Å². The van der Waals surface area contributed by atoms with Gasteiger partial charge in [0.1, 0.15) is 6.04 Å². The summed E-state index contributed by atoms with van der Waals surface area (Å²) in [6.07, 6.45) is 3.55. The van der Waals surface area contributed by atoms with Crippen LogP contribution in [0.2, 0.25) is 0 Å². The van der Waals surface area contributed by atoms with Crippen molar-refractivity contribution in [2.45, 2.75) is 19.9 Å². The van der Waals surface area contributed by atoms with E-state index in [4.69, 9.17) is 0 Å². The van der Waals surface area contributed by atoms with E-state index in [0.29, 0.717) is 18.7 Å². The zero-order valence-corrected chi connectivity index (χ0v) is 15.2. The first kappa shape index (κ1) is 17.9. The smallest absolute Gasteiger partial charge is 0.251 e. The zero-order valence-electron chi connectivity index (χ0n) is 15.2. The number of hydrogen-bond acceptors (Lipinski definition) is 4. The highest BCUT2D eigenvalue weighted by Crippen LogP contribution is 2.15. The molecule has 2 heterocycles. The summed E-state index contributed by atoms with van der Waals surface area (Å²) in [5, 5.41) is 2.81. The van der Waals surface area contributed by atoms with Gasteiger partial charge in [-0.1, -0.05) is 17.7 Å². The topological polar surface area (TPSA) is 65.5 Å². The zero-order chi connectivity index (χ0) is 18.5. The summed E-state index contributed by atoms with van der Waals surface area (Å²) in [6, 6.07) is 10.8. The van der Waals surface area contributed by atoms with Gasteiger partial charge in [-0.2, -0.15) is 0 Å². The number of amides is 2. The molecule has 3 rings (SSSR count). The van der Waals surface area contributed by atoms with Gasteiger partial charge >= 0.3 is 0 Å². The summed E-state index contributed by atoms with van der Waals surface area (Å²) >= 11 is 0. The number of carbonyl (C=O) groups is 2. The summed E-state index contributed by atoms with van der Waals surface area (Å²) in [5.74, 6) is -0.259. The van der Waals surface area contributed by atoms with Crippen LogP contribution in [0.25, 0.3) is 0 Å². The Balaban J connectivity index is 1.54. The highest BCUT2D eigenvalue weighted by Gasteiger charge is 2.26. The van der Waals surface area contributed by atoms with Crippen molar-refractivity contribution in [3.8, 4) is 0 Å². The van der Waals surface area contributed by atoms with Crippen LogP contribution in [0.15, 0.2) is 48.8 Å². The summed E-state index contributed by atoms with van der Waals surface area (Å²) in [6.45, 7) is 6.51. The summed E-state index contributed by atoms with van der Waals surface area (Å²) in [5.41, 5.74) is 2.71. The number of hydrogen-bond donors (Lipinski definition) is 1. The van der Waals surface area contributed by atoms with E-state index in [-0.39, 0.29) is 11.8 Å². The highest BCUT2D eigenvalue weighted by atomic mass is 16.2. The number of rotatable bonds is 4. The molecular formula is C20H24N4O2. The molecule has 1 aromatic heterocycles. The Labute approximate surface area is 153 Å². The van der Waals surface area contributed by atoms with E-state index in [1.807, 2.05) is 42.2 Å². The van der Waals surface area contributed by atoms with Crippen LogP contribution in [0.1, 0.15) is 22.8 Å². The Morgan fingerprint density at radius 2 is 1.77 bits per heavy atom. The molecule has 0 aliphatic carbocycles. The predicted molar refractivity (Wildman–Crippen MR) is 101 cm³/mol. The van der Waals surface area contributed by atoms with Crippen LogP contribution in [0.5, 0.6) is 0 Å². The summed E-state index contributed by atoms with van der Waals surface area (Å²) in [4.78, 5) is 33.1. The minimum atomic E-state index is -0.546. The Morgan fingerprint density at radius 3 is 2.42 bits per heavy atom. The Bertz CT molecular complexity index is 770. The summed E-state index contributed by atoms with van der Waals surface area (Å²) in [7, 11) is 0. The second-order valence-corrected chi connectivity index (χ2v) is 6.58. The molecule has 0 bridgehead atoms. The first-order chi connectivity index (χ1) is 12.5. The average Bonchev–Trinajstić information content (AvgIpc) is 2.68. The van der Waals surface area contributed by atoms with Gasteiger partial charge in [0.15, 0.2) is 0 Å². The van der Waals surface area contributed by atoms with Crippen LogP contribution < -0.4 is 10.2 Å². The molecule has 1 atom stereocenters. The van der Waals surface area contributed by atoms with Gasteiger partial charge in [-0.15, -0.1) is 0 Å². The summed E-state index contributed by atoms with van der Waals surface area (Å²) < 4.78 is 0. The van der Waals surface area contributed by atoms with Crippen LogP contribution in [0.4, 0.5) is 5.69 Å². The maximum Gasteiger partial charge on any atom is 0.251 e. The third-order valence-corrected chi connectivity index (χ3v) is 4.62. The number of nitrogens with one attached hydrogen (secondary N) is 1. The van der Waals surface area contributed by atoms with Crippen LogP contribution in [0.3, 0.4) is 0 Å². The van der Waals surface area contributed by atoms with Crippen molar-refractivity contribution in [1.82, 2.24) is 15.2 Å². The fraction of sp³-hybridized carbons (Fsp3) is 0.350. The lowest BCUT2D eigenvalue weighted by Gasteiger charge is -2.37. The molecule has 2 aromatic rings. The fourth-order valence-corrected chi connectivity index (χ4v) is 3.14. The SMILES string of the molecule is Cc1cccc(C(=O)N[C@@H](C)C(=O)N2CCN(c3ccncc3)CC2)c1.